The van der Waals surface area contributed by atoms with E-state index < -0.39 is 11.7 Å². The highest BCUT2D eigenvalue weighted by Gasteiger charge is 2.55. The van der Waals surface area contributed by atoms with Crippen molar-refractivity contribution in [3.63, 3.8) is 0 Å². The Bertz CT molecular complexity index is 481. The van der Waals surface area contributed by atoms with Crippen LogP contribution in [0, 0.1) is 35.0 Å². The first kappa shape index (κ1) is 17.4. The lowest BCUT2D eigenvalue weighted by molar-refractivity contribution is -0.0709. The molecular formula is C20H34O3. The van der Waals surface area contributed by atoms with Crippen molar-refractivity contribution in [3.05, 3.63) is 11.6 Å². The van der Waals surface area contributed by atoms with E-state index in [9.17, 15) is 15.3 Å². The molecule has 0 heterocycles. The maximum Gasteiger partial charge on any atom is 0.0709 e. The van der Waals surface area contributed by atoms with Crippen LogP contribution >= 0.6 is 0 Å². The minimum absolute atomic E-state index is 0.118. The Morgan fingerprint density at radius 2 is 2.00 bits per heavy atom. The van der Waals surface area contributed by atoms with Gasteiger partial charge >= 0.3 is 0 Å². The SMILES string of the molecule is CC(C)[C@H]1CC[C@@]2(C)C[C@H]3[C@@H](CO)C[C@@H](O)[C@H]3[C@](C)(O)CC=C12. The van der Waals surface area contributed by atoms with E-state index in [0.717, 1.165) is 6.42 Å². The van der Waals surface area contributed by atoms with Gasteiger partial charge in [-0.05, 0) is 68.1 Å². The van der Waals surface area contributed by atoms with E-state index in [-0.39, 0.29) is 29.8 Å². The van der Waals surface area contributed by atoms with Crippen molar-refractivity contribution in [3.8, 4) is 0 Å². The fraction of sp³-hybridized carbons (Fsp3) is 0.900. The number of fused-ring (bicyclic) bond motifs is 2. The first-order valence-corrected chi connectivity index (χ1v) is 9.41. The molecule has 3 aliphatic rings. The maximum absolute atomic E-state index is 11.1. The molecule has 0 aromatic heterocycles. The molecule has 2 saturated carbocycles. The summed E-state index contributed by atoms with van der Waals surface area (Å²) in [7, 11) is 0. The number of hydrogen-bond donors (Lipinski definition) is 3. The van der Waals surface area contributed by atoms with Crippen LogP contribution < -0.4 is 0 Å². The molecule has 132 valence electrons. The largest absolute Gasteiger partial charge is 0.396 e. The van der Waals surface area contributed by atoms with E-state index >= 15 is 0 Å². The zero-order valence-electron chi connectivity index (χ0n) is 15.1. The Labute approximate surface area is 140 Å². The molecule has 23 heavy (non-hydrogen) atoms. The Morgan fingerprint density at radius 3 is 2.61 bits per heavy atom. The van der Waals surface area contributed by atoms with Crippen LogP contribution in [0.25, 0.3) is 0 Å². The molecule has 3 N–H and O–H groups in total. The van der Waals surface area contributed by atoms with Crippen molar-refractivity contribution >= 4 is 0 Å². The molecule has 0 unspecified atom stereocenters. The van der Waals surface area contributed by atoms with Gasteiger partial charge < -0.3 is 15.3 Å². The van der Waals surface area contributed by atoms with E-state index in [1.165, 1.54) is 18.4 Å². The zero-order chi connectivity index (χ0) is 17.0. The van der Waals surface area contributed by atoms with Crippen molar-refractivity contribution < 1.29 is 15.3 Å². The quantitative estimate of drug-likeness (QED) is 0.685. The third-order valence-electron chi connectivity index (χ3n) is 7.31. The van der Waals surface area contributed by atoms with E-state index in [0.29, 0.717) is 24.7 Å². The summed E-state index contributed by atoms with van der Waals surface area (Å²) in [6.07, 6.45) is 6.47. The Hall–Kier alpha value is -0.380. The molecule has 0 spiro atoms. The molecule has 7 atom stereocenters. The summed E-state index contributed by atoms with van der Waals surface area (Å²) in [4.78, 5) is 0. The van der Waals surface area contributed by atoms with Gasteiger partial charge in [0.1, 0.15) is 0 Å². The monoisotopic (exact) mass is 322 g/mol. The molecule has 0 aromatic rings. The summed E-state index contributed by atoms with van der Waals surface area (Å²) < 4.78 is 0. The average Bonchev–Trinajstić information content (AvgIpc) is 2.93. The molecule has 3 rings (SSSR count). The lowest BCUT2D eigenvalue weighted by atomic mass is 9.64. The third-order valence-corrected chi connectivity index (χ3v) is 7.31. The van der Waals surface area contributed by atoms with E-state index in [4.69, 9.17) is 0 Å². The zero-order valence-corrected chi connectivity index (χ0v) is 15.1. The van der Waals surface area contributed by atoms with Gasteiger partial charge in [-0.25, -0.2) is 0 Å². The second kappa shape index (κ2) is 5.86. The van der Waals surface area contributed by atoms with Crippen LogP contribution in [0.2, 0.25) is 0 Å². The van der Waals surface area contributed by atoms with Gasteiger partial charge in [0.15, 0.2) is 0 Å². The summed E-state index contributed by atoms with van der Waals surface area (Å²) in [5.74, 6) is 1.46. The molecule has 3 heteroatoms. The predicted molar refractivity (Wildman–Crippen MR) is 91.8 cm³/mol. The summed E-state index contributed by atoms with van der Waals surface area (Å²) >= 11 is 0. The summed E-state index contributed by atoms with van der Waals surface area (Å²) in [6.45, 7) is 8.97. The van der Waals surface area contributed by atoms with E-state index in [1.807, 2.05) is 6.92 Å². The van der Waals surface area contributed by atoms with Crippen LogP contribution in [0.1, 0.15) is 59.8 Å². The lowest BCUT2D eigenvalue weighted by Gasteiger charge is -2.43. The van der Waals surface area contributed by atoms with E-state index in [2.05, 4.69) is 26.8 Å². The lowest BCUT2D eigenvalue weighted by Crippen LogP contribution is -2.45. The van der Waals surface area contributed by atoms with Gasteiger partial charge in [0.25, 0.3) is 0 Å². The molecule has 0 aliphatic heterocycles. The molecule has 0 saturated heterocycles. The number of allylic oxidation sites excluding steroid dienone is 1. The molecule has 0 bridgehead atoms. The molecular weight excluding hydrogens is 288 g/mol. The van der Waals surface area contributed by atoms with Gasteiger partial charge in [-0.2, -0.15) is 0 Å². The van der Waals surface area contributed by atoms with Crippen molar-refractivity contribution in [2.45, 2.75) is 71.5 Å². The first-order valence-electron chi connectivity index (χ1n) is 9.41. The molecule has 0 radical (unpaired) electrons. The van der Waals surface area contributed by atoms with Gasteiger partial charge in [-0.3, -0.25) is 0 Å². The highest BCUT2D eigenvalue weighted by Crippen LogP contribution is 2.58. The van der Waals surface area contributed by atoms with Crippen LogP contribution in [-0.2, 0) is 0 Å². The van der Waals surface area contributed by atoms with E-state index in [1.54, 1.807) is 0 Å². The minimum Gasteiger partial charge on any atom is -0.396 e. The topological polar surface area (TPSA) is 60.7 Å². The van der Waals surface area contributed by atoms with Crippen molar-refractivity contribution in [1.82, 2.24) is 0 Å². The van der Waals surface area contributed by atoms with Gasteiger partial charge in [0.2, 0.25) is 0 Å². The molecule has 3 nitrogen and oxygen atoms in total. The fourth-order valence-corrected chi connectivity index (χ4v) is 6.09. The normalized spacial score (nSPS) is 50.3. The van der Waals surface area contributed by atoms with Gasteiger partial charge in [0, 0.05) is 12.5 Å². The Morgan fingerprint density at radius 1 is 1.30 bits per heavy atom. The van der Waals surface area contributed by atoms with Gasteiger partial charge in [-0.1, -0.05) is 32.4 Å². The number of aliphatic hydroxyl groups excluding tert-OH is 2. The highest BCUT2D eigenvalue weighted by molar-refractivity contribution is 5.26. The Balaban J connectivity index is 2.01. The van der Waals surface area contributed by atoms with Crippen molar-refractivity contribution in [1.29, 1.82) is 0 Å². The van der Waals surface area contributed by atoms with Crippen molar-refractivity contribution in [2.24, 2.45) is 35.0 Å². The smallest absolute Gasteiger partial charge is 0.0709 e. The molecule has 3 aliphatic carbocycles. The third kappa shape index (κ3) is 2.79. The summed E-state index contributed by atoms with van der Waals surface area (Å²) in [6, 6.07) is 0. The predicted octanol–water partition coefficient (Wildman–Crippen LogP) is 3.14. The first-order chi connectivity index (χ1) is 10.7. The molecule has 0 amide bonds. The van der Waals surface area contributed by atoms with Gasteiger partial charge in [0.05, 0.1) is 11.7 Å². The second-order valence-corrected chi connectivity index (χ2v) is 9.31. The Kier molecular flexibility index (Phi) is 4.44. The molecule has 0 aromatic carbocycles. The van der Waals surface area contributed by atoms with Crippen LogP contribution in [0.3, 0.4) is 0 Å². The standard InChI is InChI=1S/C20H34O3/c1-12(2)14-5-7-19(3)10-15-13(11-21)9-17(22)18(15)20(4,23)8-6-16(14)19/h6,12-15,17-18,21-23H,5,7-11H2,1-4H3/t13-,14-,15+,17-,18+,19+,20-/m1/s1. The average molecular weight is 322 g/mol. The summed E-state index contributed by atoms with van der Waals surface area (Å²) in [5, 5.41) is 31.4. The maximum atomic E-state index is 11.1. The van der Waals surface area contributed by atoms with Crippen LogP contribution in [0.15, 0.2) is 11.6 Å². The highest BCUT2D eigenvalue weighted by atomic mass is 16.3. The number of hydrogen-bond acceptors (Lipinski definition) is 3. The van der Waals surface area contributed by atoms with Crippen LogP contribution in [0.4, 0.5) is 0 Å². The van der Waals surface area contributed by atoms with Gasteiger partial charge in [-0.15, -0.1) is 0 Å². The minimum atomic E-state index is -0.882. The number of aliphatic hydroxyl groups is 3. The fourth-order valence-electron chi connectivity index (χ4n) is 6.09. The molecule has 2 fully saturated rings. The van der Waals surface area contributed by atoms with Crippen LogP contribution in [0.5, 0.6) is 0 Å². The number of rotatable bonds is 2. The summed E-state index contributed by atoms with van der Waals surface area (Å²) in [5.41, 5.74) is 0.822. The second-order valence-electron chi connectivity index (χ2n) is 9.31. The van der Waals surface area contributed by atoms with Crippen LogP contribution in [-0.4, -0.2) is 33.6 Å². The van der Waals surface area contributed by atoms with Crippen molar-refractivity contribution in [2.75, 3.05) is 6.61 Å².